The molecule has 3 N–H and O–H groups in total. The van der Waals surface area contributed by atoms with Gasteiger partial charge >= 0.3 is 0 Å². The number of amides is 1. The molecule has 2 rings (SSSR count). The number of ether oxygens (including phenoxy) is 1. The lowest BCUT2D eigenvalue weighted by Crippen LogP contribution is -2.40. The molecule has 1 fully saturated rings. The maximum absolute atomic E-state index is 11.4. The topological polar surface area (TPSA) is 80.5 Å². The molecule has 1 saturated heterocycles. The first-order valence-corrected chi connectivity index (χ1v) is 6.92. The van der Waals surface area contributed by atoms with E-state index in [1.165, 1.54) is 6.20 Å². The van der Waals surface area contributed by atoms with E-state index in [1.54, 1.807) is 19.4 Å². The molecule has 110 valence electrons. The molecule has 0 saturated carbocycles. The Morgan fingerprint density at radius 2 is 2.30 bits per heavy atom. The minimum absolute atomic E-state index is 0.370. The van der Waals surface area contributed by atoms with Crippen LogP contribution in [0.15, 0.2) is 18.5 Å². The van der Waals surface area contributed by atoms with Crippen LogP contribution in [-0.4, -0.2) is 55.2 Å². The molecule has 1 aromatic heterocycles. The quantitative estimate of drug-likeness (QED) is 0.801. The van der Waals surface area contributed by atoms with Gasteiger partial charge in [-0.05, 0) is 18.9 Å². The summed E-state index contributed by atoms with van der Waals surface area (Å²) in [5.41, 5.74) is 6.59. The molecule has 20 heavy (non-hydrogen) atoms. The van der Waals surface area contributed by atoms with Crippen molar-refractivity contribution in [2.75, 3.05) is 38.7 Å². The molecule has 1 amide bonds. The number of primary amides is 1. The smallest absolute Gasteiger partial charge is 0.252 e. The number of nitrogens with one attached hydrogen (secondary N) is 1. The average Bonchev–Trinajstić information content (AvgIpc) is 2.47. The van der Waals surface area contributed by atoms with E-state index in [0.717, 1.165) is 44.8 Å². The molecule has 2 heterocycles. The zero-order valence-electron chi connectivity index (χ0n) is 11.8. The number of nitrogens with two attached hydrogens (primary N) is 1. The van der Waals surface area contributed by atoms with E-state index < -0.39 is 5.91 Å². The fraction of sp³-hybridized carbons (Fsp3) is 0.571. The van der Waals surface area contributed by atoms with Gasteiger partial charge in [-0.2, -0.15) is 0 Å². The first-order chi connectivity index (χ1) is 9.70. The first kappa shape index (κ1) is 14.7. The minimum atomic E-state index is -0.446. The van der Waals surface area contributed by atoms with Crippen molar-refractivity contribution >= 4 is 11.6 Å². The van der Waals surface area contributed by atoms with Crippen LogP contribution in [-0.2, 0) is 4.74 Å². The third-order valence-electron chi connectivity index (χ3n) is 3.65. The van der Waals surface area contributed by atoms with Crippen LogP contribution < -0.4 is 11.1 Å². The van der Waals surface area contributed by atoms with Crippen LogP contribution in [0.5, 0.6) is 0 Å². The molecular weight excluding hydrogens is 256 g/mol. The predicted octanol–water partition coefficient (Wildman–Crippen LogP) is 0.703. The molecule has 0 unspecified atom stereocenters. The number of carbonyl (C=O) groups is 1. The van der Waals surface area contributed by atoms with Crippen molar-refractivity contribution in [3.8, 4) is 0 Å². The fourth-order valence-electron chi connectivity index (χ4n) is 2.46. The number of rotatable bonds is 6. The molecule has 0 atom stereocenters. The number of hydrogen-bond donors (Lipinski definition) is 2. The van der Waals surface area contributed by atoms with Crippen molar-refractivity contribution in [1.82, 2.24) is 9.88 Å². The Balaban J connectivity index is 1.88. The molecule has 0 radical (unpaired) electrons. The first-order valence-electron chi connectivity index (χ1n) is 6.92. The number of methoxy groups -OCH3 is 1. The molecule has 1 aromatic rings. The minimum Gasteiger partial charge on any atom is -0.383 e. The SMILES string of the molecule is COCCN1CCC(Nc2ccncc2C(N)=O)CC1. The van der Waals surface area contributed by atoms with Crippen LogP contribution in [0.1, 0.15) is 23.2 Å². The van der Waals surface area contributed by atoms with Crippen LogP contribution in [0.2, 0.25) is 0 Å². The summed E-state index contributed by atoms with van der Waals surface area (Å²) < 4.78 is 5.09. The maximum atomic E-state index is 11.4. The highest BCUT2D eigenvalue weighted by molar-refractivity contribution is 5.98. The molecule has 0 aliphatic carbocycles. The standard InChI is InChI=1S/C14H22N4O2/c1-20-9-8-18-6-3-11(4-7-18)17-13-2-5-16-10-12(13)14(15)19/h2,5,10-11H,3-4,6-9H2,1H3,(H2,15,19)(H,16,17). The van der Waals surface area contributed by atoms with Crippen LogP contribution in [0.3, 0.4) is 0 Å². The Morgan fingerprint density at radius 1 is 1.55 bits per heavy atom. The summed E-state index contributed by atoms with van der Waals surface area (Å²) >= 11 is 0. The van der Waals surface area contributed by atoms with E-state index in [0.29, 0.717) is 11.6 Å². The normalized spacial score (nSPS) is 17.1. The van der Waals surface area contributed by atoms with Gasteiger partial charge in [0.15, 0.2) is 0 Å². The Bertz CT molecular complexity index is 445. The third kappa shape index (κ3) is 3.91. The van der Waals surface area contributed by atoms with Gasteiger partial charge in [0.1, 0.15) is 0 Å². The number of hydrogen-bond acceptors (Lipinski definition) is 5. The number of carbonyl (C=O) groups excluding carboxylic acids is 1. The van der Waals surface area contributed by atoms with Crippen LogP contribution in [0, 0.1) is 0 Å². The van der Waals surface area contributed by atoms with Gasteiger partial charge in [-0.1, -0.05) is 0 Å². The number of likely N-dealkylation sites (tertiary alicyclic amines) is 1. The third-order valence-corrected chi connectivity index (χ3v) is 3.65. The molecule has 0 bridgehead atoms. The van der Waals surface area contributed by atoms with Crippen molar-refractivity contribution in [3.05, 3.63) is 24.0 Å². The second-order valence-electron chi connectivity index (χ2n) is 5.04. The van der Waals surface area contributed by atoms with E-state index in [1.807, 2.05) is 0 Å². The number of anilines is 1. The monoisotopic (exact) mass is 278 g/mol. The highest BCUT2D eigenvalue weighted by atomic mass is 16.5. The van der Waals surface area contributed by atoms with E-state index >= 15 is 0 Å². The van der Waals surface area contributed by atoms with Gasteiger partial charge < -0.3 is 20.7 Å². The molecule has 0 spiro atoms. The summed E-state index contributed by atoms with van der Waals surface area (Å²) in [6, 6.07) is 2.17. The summed E-state index contributed by atoms with van der Waals surface area (Å²) in [5.74, 6) is -0.446. The Morgan fingerprint density at radius 3 is 2.95 bits per heavy atom. The van der Waals surface area contributed by atoms with Crippen molar-refractivity contribution in [2.24, 2.45) is 5.73 Å². The van der Waals surface area contributed by atoms with Crippen LogP contribution >= 0.6 is 0 Å². The highest BCUT2D eigenvalue weighted by Crippen LogP contribution is 2.19. The Kier molecular flexibility index (Phi) is 5.31. The van der Waals surface area contributed by atoms with Crippen LogP contribution in [0.25, 0.3) is 0 Å². The second-order valence-corrected chi connectivity index (χ2v) is 5.04. The fourth-order valence-corrected chi connectivity index (χ4v) is 2.46. The number of nitrogens with zero attached hydrogens (tertiary/aromatic N) is 2. The van der Waals surface area contributed by atoms with Gasteiger partial charge in [0, 0.05) is 45.2 Å². The molecule has 1 aliphatic heterocycles. The Labute approximate surface area is 119 Å². The maximum Gasteiger partial charge on any atom is 0.252 e. The van der Waals surface area contributed by atoms with Gasteiger partial charge in [-0.15, -0.1) is 0 Å². The van der Waals surface area contributed by atoms with Gasteiger partial charge in [0.25, 0.3) is 5.91 Å². The molecular formula is C14H22N4O2. The van der Waals surface area contributed by atoms with Gasteiger partial charge in [-0.25, -0.2) is 0 Å². The van der Waals surface area contributed by atoms with E-state index in [9.17, 15) is 4.79 Å². The van der Waals surface area contributed by atoms with Gasteiger partial charge in [-0.3, -0.25) is 9.78 Å². The van der Waals surface area contributed by atoms with Crippen molar-refractivity contribution in [2.45, 2.75) is 18.9 Å². The molecule has 6 heteroatoms. The number of pyridine rings is 1. The Hall–Kier alpha value is -1.66. The largest absolute Gasteiger partial charge is 0.383 e. The molecule has 6 nitrogen and oxygen atoms in total. The average molecular weight is 278 g/mol. The van der Waals surface area contributed by atoms with Gasteiger partial charge in [0.05, 0.1) is 17.9 Å². The van der Waals surface area contributed by atoms with Crippen LogP contribution in [0.4, 0.5) is 5.69 Å². The number of piperidine rings is 1. The summed E-state index contributed by atoms with van der Waals surface area (Å²) in [7, 11) is 1.73. The number of aromatic nitrogens is 1. The lowest BCUT2D eigenvalue weighted by molar-refractivity contribution is 0.100. The second kappa shape index (κ2) is 7.21. The summed E-state index contributed by atoms with van der Waals surface area (Å²) in [4.78, 5) is 17.7. The highest BCUT2D eigenvalue weighted by Gasteiger charge is 2.20. The van der Waals surface area contributed by atoms with Crippen molar-refractivity contribution < 1.29 is 9.53 Å². The van der Waals surface area contributed by atoms with Crippen molar-refractivity contribution in [3.63, 3.8) is 0 Å². The predicted molar refractivity (Wildman–Crippen MR) is 77.7 cm³/mol. The van der Waals surface area contributed by atoms with E-state index in [2.05, 4.69) is 15.2 Å². The van der Waals surface area contributed by atoms with E-state index in [4.69, 9.17) is 10.5 Å². The molecule has 1 aliphatic rings. The zero-order chi connectivity index (χ0) is 14.4. The molecule has 0 aromatic carbocycles. The summed E-state index contributed by atoms with van der Waals surface area (Å²) in [5, 5.41) is 3.41. The lowest BCUT2D eigenvalue weighted by Gasteiger charge is -2.32. The van der Waals surface area contributed by atoms with E-state index in [-0.39, 0.29) is 0 Å². The summed E-state index contributed by atoms with van der Waals surface area (Å²) in [6.07, 6.45) is 5.27. The summed E-state index contributed by atoms with van der Waals surface area (Å²) in [6.45, 7) is 3.83. The van der Waals surface area contributed by atoms with Crippen molar-refractivity contribution in [1.29, 1.82) is 0 Å². The zero-order valence-corrected chi connectivity index (χ0v) is 11.8. The lowest BCUT2D eigenvalue weighted by atomic mass is 10.0. The van der Waals surface area contributed by atoms with Gasteiger partial charge in [0.2, 0.25) is 0 Å².